The smallest absolute Gasteiger partial charge is 0.189 e. The summed E-state index contributed by atoms with van der Waals surface area (Å²) in [5, 5.41) is 12.6. The van der Waals surface area contributed by atoms with Crippen LogP contribution in [0, 0.1) is 5.41 Å². The fourth-order valence-corrected chi connectivity index (χ4v) is 4.12. The minimum atomic E-state index is 0.144. The SMILES string of the molecule is COCCN(C)CC(/C=C/Nc1nc2cccnc2s1)=C/C(=N)N1CCCC(N)C1. The number of nitrogens with zero attached hydrogens (tertiary/aromatic N) is 4. The molecule has 30 heavy (non-hydrogen) atoms. The van der Waals surface area contributed by atoms with Gasteiger partial charge in [-0.2, -0.15) is 0 Å². The second kappa shape index (κ2) is 11.2. The van der Waals surface area contributed by atoms with E-state index in [1.54, 1.807) is 13.3 Å². The quantitative estimate of drug-likeness (QED) is 0.320. The first kappa shape index (κ1) is 22.4. The number of pyridine rings is 1. The maximum absolute atomic E-state index is 8.54. The lowest BCUT2D eigenvalue weighted by molar-refractivity contribution is 0.166. The topological polar surface area (TPSA) is 103 Å². The Balaban J connectivity index is 1.68. The lowest BCUT2D eigenvalue weighted by atomic mass is 10.1. The van der Waals surface area contributed by atoms with Gasteiger partial charge in [0.2, 0.25) is 0 Å². The Morgan fingerprint density at radius 3 is 3.17 bits per heavy atom. The van der Waals surface area contributed by atoms with Crippen molar-refractivity contribution in [1.29, 1.82) is 5.41 Å². The molecule has 0 bridgehead atoms. The van der Waals surface area contributed by atoms with Gasteiger partial charge in [-0.25, -0.2) is 9.97 Å². The number of aromatic nitrogens is 2. The van der Waals surface area contributed by atoms with E-state index in [2.05, 4.69) is 25.1 Å². The molecule has 0 spiro atoms. The molecule has 2 aromatic rings. The number of thiazole rings is 1. The van der Waals surface area contributed by atoms with Crippen LogP contribution in [0.15, 0.2) is 42.3 Å². The summed E-state index contributed by atoms with van der Waals surface area (Å²) in [5.41, 5.74) is 8.01. The summed E-state index contributed by atoms with van der Waals surface area (Å²) < 4.78 is 5.18. The number of anilines is 1. The summed E-state index contributed by atoms with van der Waals surface area (Å²) in [5.74, 6) is 0.508. The summed E-state index contributed by atoms with van der Waals surface area (Å²) in [6.07, 6.45) is 9.64. The maximum atomic E-state index is 8.54. The van der Waals surface area contributed by atoms with Gasteiger partial charge in [0.1, 0.15) is 16.2 Å². The predicted octanol–water partition coefficient (Wildman–Crippen LogP) is 2.52. The highest BCUT2D eigenvalue weighted by molar-refractivity contribution is 7.21. The Morgan fingerprint density at radius 1 is 1.53 bits per heavy atom. The Morgan fingerprint density at radius 2 is 2.40 bits per heavy atom. The third kappa shape index (κ3) is 6.60. The molecule has 3 rings (SSSR count). The predicted molar refractivity (Wildman–Crippen MR) is 124 cm³/mol. The number of nitrogens with two attached hydrogens (primary N) is 1. The highest BCUT2D eigenvalue weighted by Gasteiger charge is 2.18. The van der Waals surface area contributed by atoms with Gasteiger partial charge in [0, 0.05) is 51.7 Å². The van der Waals surface area contributed by atoms with E-state index in [9.17, 15) is 0 Å². The van der Waals surface area contributed by atoms with Crippen molar-refractivity contribution in [3.63, 3.8) is 0 Å². The lowest BCUT2D eigenvalue weighted by Gasteiger charge is -2.32. The van der Waals surface area contributed by atoms with Crippen molar-refractivity contribution in [3.05, 3.63) is 42.3 Å². The van der Waals surface area contributed by atoms with Gasteiger partial charge in [-0.1, -0.05) is 11.3 Å². The number of likely N-dealkylation sites (tertiary alicyclic amines) is 1. The highest BCUT2D eigenvalue weighted by Crippen LogP contribution is 2.23. The molecule has 1 aliphatic rings. The number of ether oxygens (including phenoxy) is 1. The van der Waals surface area contributed by atoms with E-state index in [0.29, 0.717) is 19.0 Å². The number of nitrogens with one attached hydrogen (secondary N) is 2. The standard InChI is InChI=1S/C21H31N7OS/c1-27(11-12-29-2)14-16(13-19(23)28-10-4-5-17(22)15-28)7-9-25-21-26-18-6-3-8-24-20(18)30-21/h3,6-9,13,17,23H,4-5,10-12,14-15,22H2,1-2H3,(H,25,26)/b9-7+,16-13+,23-19?. The van der Waals surface area contributed by atoms with E-state index >= 15 is 0 Å². The molecule has 0 radical (unpaired) electrons. The van der Waals surface area contributed by atoms with Crippen LogP contribution in [-0.4, -0.2) is 78.6 Å². The minimum Gasteiger partial charge on any atom is -0.383 e. The zero-order chi connectivity index (χ0) is 21.3. The average molecular weight is 430 g/mol. The van der Waals surface area contributed by atoms with E-state index < -0.39 is 0 Å². The molecule has 0 aliphatic carbocycles. The van der Waals surface area contributed by atoms with Crippen molar-refractivity contribution in [1.82, 2.24) is 19.8 Å². The summed E-state index contributed by atoms with van der Waals surface area (Å²) in [6, 6.07) is 3.98. The average Bonchev–Trinajstić information content (AvgIpc) is 3.15. The molecule has 8 nitrogen and oxygen atoms in total. The van der Waals surface area contributed by atoms with Crippen LogP contribution in [-0.2, 0) is 4.74 Å². The second-order valence-corrected chi connectivity index (χ2v) is 8.49. The summed E-state index contributed by atoms with van der Waals surface area (Å²) in [7, 11) is 3.75. The molecule has 2 aromatic heterocycles. The van der Waals surface area contributed by atoms with Crippen LogP contribution in [0.5, 0.6) is 0 Å². The molecular formula is C21H31N7OS. The molecule has 1 unspecified atom stereocenters. The van der Waals surface area contributed by atoms with Crippen LogP contribution in [0.4, 0.5) is 5.13 Å². The number of piperidine rings is 1. The number of fused-ring (bicyclic) bond motifs is 1. The van der Waals surface area contributed by atoms with E-state index in [0.717, 1.165) is 53.5 Å². The molecule has 1 atom stereocenters. The number of hydrogen-bond acceptors (Lipinski definition) is 8. The van der Waals surface area contributed by atoms with Crippen LogP contribution in [0.2, 0.25) is 0 Å². The van der Waals surface area contributed by atoms with Crippen molar-refractivity contribution < 1.29 is 4.74 Å². The summed E-state index contributed by atoms with van der Waals surface area (Å²) in [6.45, 7) is 3.83. The monoisotopic (exact) mass is 429 g/mol. The number of amidine groups is 1. The van der Waals surface area contributed by atoms with E-state index in [1.807, 2.05) is 37.5 Å². The first-order chi connectivity index (χ1) is 14.5. The largest absolute Gasteiger partial charge is 0.383 e. The number of likely N-dealkylation sites (N-methyl/N-ethyl adjacent to an activating group) is 1. The Labute approximate surface area is 181 Å². The van der Waals surface area contributed by atoms with Gasteiger partial charge in [-0.15, -0.1) is 0 Å². The minimum absolute atomic E-state index is 0.144. The van der Waals surface area contributed by atoms with Crippen LogP contribution >= 0.6 is 11.3 Å². The molecule has 0 amide bonds. The van der Waals surface area contributed by atoms with Crippen molar-refractivity contribution >= 4 is 32.7 Å². The summed E-state index contributed by atoms with van der Waals surface area (Å²) in [4.78, 5) is 14.0. The number of rotatable bonds is 9. The molecule has 4 N–H and O–H groups in total. The normalized spacial score (nSPS) is 17.9. The fourth-order valence-electron chi connectivity index (χ4n) is 3.33. The van der Waals surface area contributed by atoms with Gasteiger partial charge in [0.05, 0.1) is 6.61 Å². The van der Waals surface area contributed by atoms with E-state index in [4.69, 9.17) is 15.9 Å². The van der Waals surface area contributed by atoms with Crippen LogP contribution in [0.3, 0.4) is 0 Å². The van der Waals surface area contributed by atoms with Gasteiger partial charge in [0.25, 0.3) is 0 Å². The first-order valence-corrected chi connectivity index (χ1v) is 11.0. The second-order valence-electron chi connectivity index (χ2n) is 7.51. The number of methoxy groups -OCH3 is 1. The van der Waals surface area contributed by atoms with Crippen LogP contribution in [0.25, 0.3) is 10.3 Å². The van der Waals surface area contributed by atoms with E-state index in [-0.39, 0.29) is 6.04 Å². The third-order valence-electron chi connectivity index (χ3n) is 4.92. The van der Waals surface area contributed by atoms with Gasteiger partial charge in [-0.3, -0.25) is 10.3 Å². The molecule has 3 heterocycles. The Kier molecular flexibility index (Phi) is 8.32. The molecule has 0 saturated carbocycles. The molecule has 9 heteroatoms. The van der Waals surface area contributed by atoms with Crippen LogP contribution < -0.4 is 11.1 Å². The van der Waals surface area contributed by atoms with Crippen molar-refractivity contribution in [2.24, 2.45) is 5.73 Å². The zero-order valence-electron chi connectivity index (χ0n) is 17.7. The van der Waals surface area contributed by atoms with Gasteiger partial charge >= 0.3 is 0 Å². The lowest BCUT2D eigenvalue weighted by Crippen LogP contribution is -2.45. The van der Waals surface area contributed by atoms with Crippen LogP contribution in [0.1, 0.15) is 12.8 Å². The Hall–Kier alpha value is -2.33. The molecule has 1 saturated heterocycles. The fraction of sp³-hybridized carbons (Fsp3) is 0.476. The molecule has 162 valence electrons. The summed E-state index contributed by atoms with van der Waals surface area (Å²) >= 11 is 1.52. The molecular weight excluding hydrogens is 398 g/mol. The molecule has 1 aliphatic heterocycles. The van der Waals surface area contributed by atoms with Crippen molar-refractivity contribution in [3.8, 4) is 0 Å². The van der Waals surface area contributed by atoms with E-state index in [1.165, 1.54) is 11.3 Å². The zero-order valence-corrected chi connectivity index (χ0v) is 18.5. The molecule has 1 fully saturated rings. The number of hydrogen-bond donors (Lipinski definition) is 3. The maximum Gasteiger partial charge on any atom is 0.189 e. The third-order valence-corrected chi connectivity index (χ3v) is 5.83. The first-order valence-electron chi connectivity index (χ1n) is 10.2. The van der Waals surface area contributed by atoms with Gasteiger partial charge < -0.3 is 20.7 Å². The van der Waals surface area contributed by atoms with Gasteiger partial charge in [-0.05, 0) is 49.7 Å². The molecule has 0 aromatic carbocycles. The highest BCUT2D eigenvalue weighted by atomic mass is 32.1. The van der Waals surface area contributed by atoms with Gasteiger partial charge in [0.15, 0.2) is 5.13 Å². The van der Waals surface area contributed by atoms with Crippen molar-refractivity contribution in [2.75, 3.05) is 52.3 Å². The van der Waals surface area contributed by atoms with Crippen molar-refractivity contribution in [2.45, 2.75) is 18.9 Å². The Bertz CT molecular complexity index is 861.